The summed E-state index contributed by atoms with van der Waals surface area (Å²) in [5.74, 6) is -5.22. The van der Waals surface area contributed by atoms with Gasteiger partial charge in [0.05, 0.1) is 41.1 Å². The predicted molar refractivity (Wildman–Crippen MR) is 234 cm³/mol. The highest BCUT2D eigenvalue weighted by Crippen LogP contribution is 2.39. The Morgan fingerprint density at radius 1 is 0.600 bits per heavy atom. The third kappa shape index (κ3) is 12.0. The van der Waals surface area contributed by atoms with Gasteiger partial charge in [-0.1, -0.05) is 30.3 Å². The zero-order valence-electron chi connectivity index (χ0n) is 34.8. The monoisotopic (exact) mass is 929 g/mol. The Morgan fingerprint density at radius 2 is 1.09 bits per heavy atom. The van der Waals surface area contributed by atoms with E-state index in [2.05, 4.69) is 36.4 Å². The van der Waals surface area contributed by atoms with Crippen LogP contribution in [0, 0.1) is 0 Å². The number of phenols is 2. The molecule has 2 atom stereocenters. The van der Waals surface area contributed by atoms with Crippen molar-refractivity contribution < 1.29 is 65.0 Å². The Kier molecular flexibility index (Phi) is 14.9. The highest BCUT2D eigenvalue weighted by atomic mass is 32.2. The summed E-state index contributed by atoms with van der Waals surface area (Å²) in [6.45, 7) is 2.12. The van der Waals surface area contributed by atoms with Gasteiger partial charge in [0.15, 0.2) is 27.2 Å². The van der Waals surface area contributed by atoms with Crippen molar-refractivity contribution in [1.29, 1.82) is 0 Å². The lowest BCUT2D eigenvalue weighted by atomic mass is 10.0. The van der Waals surface area contributed by atoms with Crippen LogP contribution in [-0.2, 0) is 39.1 Å². The maximum atomic E-state index is 13.4. The molecular formula is C42H39N7O14S2. The fraction of sp³-hybridized carbons (Fsp3) is 0.167. The number of hydrogen-bond acceptors (Lipinski definition) is 17. The molecule has 0 radical (unpaired) electrons. The molecule has 0 fully saturated rings. The number of carbonyl (C=O) groups is 5. The molecule has 0 aromatic heterocycles. The number of nitrogens with zero attached hydrogens (tertiary/aromatic N) is 4. The third-order valence-corrected chi connectivity index (χ3v) is 11.0. The molecule has 5 rings (SSSR count). The second kappa shape index (κ2) is 20.1. The van der Waals surface area contributed by atoms with E-state index in [0.29, 0.717) is 17.2 Å². The number of ketones is 2. The summed E-state index contributed by atoms with van der Waals surface area (Å²) in [5, 5.41) is 43.4. The van der Waals surface area contributed by atoms with Crippen LogP contribution in [0.1, 0.15) is 24.2 Å². The highest BCUT2D eigenvalue weighted by molar-refractivity contribution is 7.90. The van der Waals surface area contributed by atoms with Crippen LogP contribution in [0.5, 0.6) is 23.0 Å². The average molecular weight is 930 g/mol. The molecule has 3 amide bonds. The first kappa shape index (κ1) is 48.1. The van der Waals surface area contributed by atoms with E-state index in [1.54, 1.807) is 36.4 Å². The maximum Gasteiger partial charge on any atom is 0.294 e. The van der Waals surface area contributed by atoms with E-state index in [9.17, 15) is 55.6 Å². The summed E-state index contributed by atoms with van der Waals surface area (Å²) >= 11 is 0. The molecule has 0 saturated carbocycles. The predicted octanol–water partition coefficient (Wildman–Crippen LogP) is 6.04. The van der Waals surface area contributed by atoms with Crippen LogP contribution >= 0.6 is 0 Å². The fourth-order valence-electron chi connectivity index (χ4n) is 5.74. The molecule has 0 aliphatic rings. The molecule has 5 aromatic carbocycles. The van der Waals surface area contributed by atoms with E-state index in [4.69, 9.17) is 9.47 Å². The highest BCUT2D eigenvalue weighted by Gasteiger charge is 2.27. The summed E-state index contributed by atoms with van der Waals surface area (Å²) < 4.78 is 68.8. The van der Waals surface area contributed by atoms with E-state index in [1.165, 1.54) is 44.6 Å². The summed E-state index contributed by atoms with van der Waals surface area (Å²) in [6, 6.07) is 18.0. The van der Waals surface area contributed by atoms with Crippen molar-refractivity contribution >= 4 is 77.7 Å². The minimum absolute atomic E-state index is 0.0708. The number of carbonyl (C=O) groups excluding carboxylic acids is 5. The van der Waals surface area contributed by atoms with E-state index < -0.39 is 89.1 Å². The number of ether oxygens (including phenoxy) is 2. The lowest BCUT2D eigenvalue weighted by Gasteiger charge is -2.16. The van der Waals surface area contributed by atoms with E-state index >= 15 is 0 Å². The number of azo groups is 2. The number of methoxy groups -OCH3 is 2. The van der Waals surface area contributed by atoms with Gasteiger partial charge in [0.25, 0.3) is 27.8 Å². The SMILES string of the molecule is COc1cc(-c2ccc(NC(=O)C(N=Nc3cc(S(=O)(=O)O)cc(NC(=O)c4ccccc4)c3O)C(C)=O)c(OC)c2)ccc1NC(=O)C(N=Nc1cc(S(C)(=O)=O)ccc1O)C(C)=O. The van der Waals surface area contributed by atoms with Gasteiger partial charge in [-0.15, -0.1) is 0 Å². The lowest BCUT2D eigenvalue weighted by molar-refractivity contribution is -0.127. The van der Waals surface area contributed by atoms with Gasteiger partial charge < -0.3 is 35.6 Å². The van der Waals surface area contributed by atoms with Gasteiger partial charge in [-0.25, -0.2) is 8.42 Å². The Labute approximate surface area is 370 Å². The topological polar surface area (TPSA) is 318 Å². The normalized spacial score (nSPS) is 12.6. The van der Waals surface area contributed by atoms with Crippen molar-refractivity contribution in [3.8, 4) is 34.1 Å². The molecule has 0 aliphatic heterocycles. The molecule has 0 bridgehead atoms. The number of aromatic hydroxyl groups is 2. The number of anilines is 3. The van der Waals surface area contributed by atoms with Crippen molar-refractivity contribution in [2.24, 2.45) is 20.5 Å². The molecule has 338 valence electrons. The first-order valence-corrected chi connectivity index (χ1v) is 22.0. The molecule has 65 heavy (non-hydrogen) atoms. The van der Waals surface area contributed by atoms with Gasteiger partial charge in [-0.2, -0.15) is 28.9 Å². The van der Waals surface area contributed by atoms with Gasteiger partial charge in [0, 0.05) is 11.8 Å². The zero-order chi connectivity index (χ0) is 47.8. The molecule has 0 heterocycles. The number of nitrogens with one attached hydrogen (secondary N) is 3. The molecule has 21 nitrogen and oxygen atoms in total. The minimum Gasteiger partial charge on any atom is -0.506 e. The smallest absolute Gasteiger partial charge is 0.294 e. The molecule has 23 heteroatoms. The summed E-state index contributed by atoms with van der Waals surface area (Å²) in [4.78, 5) is 63.6. The molecule has 0 saturated heterocycles. The van der Waals surface area contributed by atoms with E-state index in [0.717, 1.165) is 44.4 Å². The Morgan fingerprint density at radius 3 is 1.55 bits per heavy atom. The summed E-state index contributed by atoms with van der Waals surface area (Å²) in [5.41, 5.74) is -0.0217. The van der Waals surface area contributed by atoms with Gasteiger partial charge >= 0.3 is 0 Å². The van der Waals surface area contributed by atoms with Crippen LogP contribution in [0.4, 0.5) is 28.4 Å². The molecule has 2 unspecified atom stereocenters. The van der Waals surface area contributed by atoms with Crippen molar-refractivity contribution in [2.75, 3.05) is 36.4 Å². The molecule has 6 N–H and O–H groups in total. The van der Waals surface area contributed by atoms with Crippen LogP contribution < -0.4 is 25.4 Å². The number of hydrogen-bond donors (Lipinski definition) is 6. The van der Waals surface area contributed by atoms with Crippen LogP contribution in [0.2, 0.25) is 0 Å². The minimum atomic E-state index is -4.93. The Hall–Kier alpha value is -7.89. The standard InChI is InChI=1S/C42H39N7O14S2/c1-22(50)37(48-46-31-19-27(64(5,57)58)13-16-34(31)52)41(55)43-29-14-11-25(17-35(29)62-3)26-12-15-30(36(18-26)63-4)44-42(56)38(23(2)51)49-47-33-21-28(65(59,60)61)20-32(39(33)53)45-40(54)24-9-7-6-8-10-24/h6-21,37-38,52-53H,1-5H3,(H,43,55)(H,44,56)(H,45,54)(H,59,60,61). The van der Waals surface area contributed by atoms with Crippen molar-refractivity contribution in [2.45, 2.75) is 35.7 Å². The second-order valence-electron chi connectivity index (χ2n) is 13.8. The fourth-order valence-corrected chi connectivity index (χ4v) is 6.91. The maximum absolute atomic E-state index is 13.4. The summed E-state index contributed by atoms with van der Waals surface area (Å²) in [7, 11) is -5.97. The molecule has 5 aromatic rings. The van der Waals surface area contributed by atoms with Crippen molar-refractivity contribution in [3.63, 3.8) is 0 Å². The Balaban J connectivity index is 1.35. The molecule has 0 aliphatic carbocycles. The van der Waals surface area contributed by atoms with E-state index in [1.807, 2.05) is 0 Å². The van der Waals surface area contributed by atoms with Crippen LogP contribution in [-0.4, -0.2) is 93.4 Å². The quantitative estimate of drug-likeness (QED) is 0.0268. The third-order valence-electron chi connectivity index (χ3n) is 9.10. The first-order chi connectivity index (χ1) is 30.6. The number of sulfone groups is 1. The van der Waals surface area contributed by atoms with E-state index in [-0.39, 0.29) is 39.0 Å². The van der Waals surface area contributed by atoms with Crippen molar-refractivity contribution in [3.05, 3.63) is 103 Å². The lowest BCUT2D eigenvalue weighted by Crippen LogP contribution is -2.32. The number of amides is 3. The largest absolute Gasteiger partial charge is 0.506 e. The van der Waals surface area contributed by atoms with Gasteiger partial charge in [-0.05, 0) is 91.7 Å². The Bertz CT molecular complexity index is 3000. The van der Waals surface area contributed by atoms with Gasteiger partial charge in [0.2, 0.25) is 12.1 Å². The zero-order valence-corrected chi connectivity index (χ0v) is 36.5. The van der Waals surface area contributed by atoms with Crippen LogP contribution in [0.25, 0.3) is 11.1 Å². The number of phenolic OH excluding ortho intramolecular Hbond substituents is 2. The molecule has 0 spiro atoms. The van der Waals surface area contributed by atoms with Gasteiger partial charge in [-0.3, -0.25) is 28.5 Å². The van der Waals surface area contributed by atoms with Crippen molar-refractivity contribution in [1.82, 2.24) is 0 Å². The molecular weight excluding hydrogens is 891 g/mol. The summed E-state index contributed by atoms with van der Waals surface area (Å²) in [6.07, 6.45) is 0.951. The van der Waals surface area contributed by atoms with Gasteiger partial charge in [0.1, 0.15) is 28.6 Å². The first-order valence-electron chi connectivity index (χ1n) is 18.7. The number of rotatable bonds is 17. The number of Topliss-reactive ketones (excluding diaryl/α,β-unsaturated/α-hetero) is 2. The second-order valence-corrected chi connectivity index (χ2v) is 17.3. The average Bonchev–Trinajstić information content (AvgIpc) is 3.25. The van der Waals surface area contributed by atoms with Crippen LogP contribution in [0.15, 0.2) is 127 Å². The van der Waals surface area contributed by atoms with Crippen LogP contribution in [0.3, 0.4) is 0 Å². The number of benzene rings is 5.